The first-order chi connectivity index (χ1) is 7.74. The minimum atomic E-state index is -0.302. The van der Waals surface area contributed by atoms with E-state index in [1.807, 2.05) is 0 Å². The van der Waals surface area contributed by atoms with E-state index in [9.17, 15) is 4.39 Å². The summed E-state index contributed by atoms with van der Waals surface area (Å²) >= 11 is 3.11. The Morgan fingerprint density at radius 3 is 2.53 bits per heavy atom. The first-order valence-electron chi connectivity index (χ1n) is 5.72. The highest BCUT2D eigenvalue weighted by Gasteiger charge is 2.22. The lowest BCUT2D eigenvalue weighted by atomic mass is 9.81. The van der Waals surface area contributed by atoms with Gasteiger partial charge in [0.1, 0.15) is 5.82 Å². The summed E-state index contributed by atoms with van der Waals surface area (Å²) in [5.41, 5.74) is 7.18. The van der Waals surface area contributed by atoms with E-state index in [1.165, 1.54) is 6.07 Å². The maximum Gasteiger partial charge on any atom is 0.139 e. The van der Waals surface area contributed by atoms with E-state index in [2.05, 4.69) is 48.9 Å². The Morgan fingerprint density at radius 1 is 1.41 bits per heavy atom. The Labute approximate surface area is 111 Å². The van der Waals surface area contributed by atoms with E-state index >= 15 is 0 Å². The standard InChI is InChI=1S/C13H20BrFN2/c1-8(2)13(3,4)7-17-12-6-10(15)9(14)5-11(12)16/h5-6,8,17H,7,16H2,1-4H3. The van der Waals surface area contributed by atoms with E-state index in [4.69, 9.17) is 5.73 Å². The van der Waals surface area contributed by atoms with E-state index in [-0.39, 0.29) is 11.2 Å². The Bertz CT molecular complexity index is 403. The number of benzene rings is 1. The van der Waals surface area contributed by atoms with Crippen LogP contribution < -0.4 is 11.1 Å². The van der Waals surface area contributed by atoms with Crippen LogP contribution in [0.5, 0.6) is 0 Å². The molecule has 0 saturated heterocycles. The average Bonchev–Trinajstić information content (AvgIpc) is 2.21. The molecule has 0 spiro atoms. The minimum absolute atomic E-state index is 0.135. The monoisotopic (exact) mass is 302 g/mol. The molecule has 0 aliphatic heterocycles. The first-order valence-corrected chi connectivity index (χ1v) is 6.51. The van der Waals surface area contributed by atoms with Gasteiger partial charge < -0.3 is 11.1 Å². The molecule has 0 fully saturated rings. The van der Waals surface area contributed by atoms with Gasteiger partial charge >= 0.3 is 0 Å². The molecule has 0 amide bonds. The Hall–Kier alpha value is -0.770. The van der Waals surface area contributed by atoms with Crippen molar-refractivity contribution < 1.29 is 4.39 Å². The topological polar surface area (TPSA) is 38.0 Å². The van der Waals surface area contributed by atoms with Crippen molar-refractivity contribution in [3.8, 4) is 0 Å². The van der Waals surface area contributed by atoms with Crippen molar-refractivity contribution in [1.29, 1.82) is 0 Å². The first kappa shape index (κ1) is 14.3. The van der Waals surface area contributed by atoms with Gasteiger partial charge in [0, 0.05) is 12.6 Å². The van der Waals surface area contributed by atoms with Gasteiger partial charge in [-0.15, -0.1) is 0 Å². The molecule has 4 heteroatoms. The van der Waals surface area contributed by atoms with Crippen LogP contribution >= 0.6 is 15.9 Å². The molecule has 0 atom stereocenters. The van der Waals surface area contributed by atoms with Crippen LogP contribution in [0.2, 0.25) is 0 Å². The fourth-order valence-corrected chi connectivity index (χ4v) is 1.60. The summed E-state index contributed by atoms with van der Waals surface area (Å²) in [5, 5.41) is 3.22. The van der Waals surface area contributed by atoms with Crippen LogP contribution in [0.15, 0.2) is 16.6 Å². The van der Waals surface area contributed by atoms with E-state index in [1.54, 1.807) is 6.07 Å². The maximum absolute atomic E-state index is 13.4. The van der Waals surface area contributed by atoms with Crippen molar-refractivity contribution >= 4 is 27.3 Å². The molecule has 17 heavy (non-hydrogen) atoms. The van der Waals surface area contributed by atoms with Gasteiger partial charge in [0.2, 0.25) is 0 Å². The molecule has 1 rings (SSSR count). The predicted octanol–water partition coefficient (Wildman–Crippen LogP) is 4.26. The van der Waals surface area contributed by atoms with Crippen LogP contribution in [0.3, 0.4) is 0 Å². The van der Waals surface area contributed by atoms with Crippen molar-refractivity contribution in [1.82, 2.24) is 0 Å². The highest BCUT2D eigenvalue weighted by molar-refractivity contribution is 9.10. The summed E-state index contributed by atoms with van der Waals surface area (Å²) in [5.74, 6) is 0.237. The van der Waals surface area contributed by atoms with E-state index in [0.29, 0.717) is 21.8 Å². The Balaban J connectivity index is 2.80. The van der Waals surface area contributed by atoms with Crippen molar-refractivity contribution in [3.05, 3.63) is 22.4 Å². The van der Waals surface area contributed by atoms with Gasteiger partial charge in [-0.25, -0.2) is 4.39 Å². The summed E-state index contributed by atoms with van der Waals surface area (Å²) in [6.07, 6.45) is 0. The van der Waals surface area contributed by atoms with Crippen LogP contribution in [0.25, 0.3) is 0 Å². The quantitative estimate of drug-likeness (QED) is 0.815. The summed E-state index contributed by atoms with van der Waals surface area (Å²) in [4.78, 5) is 0. The molecular formula is C13H20BrFN2. The number of halogens is 2. The molecular weight excluding hydrogens is 283 g/mol. The average molecular weight is 303 g/mol. The van der Waals surface area contributed by atoms with Gasteiger partial charge in [-0.05, 0) is 33.3 Å². The molecule has 3 N–H and O–H groups in total. The molecule has 2 nitrogen and oxygen atoms in total. The third-order valence-electron chi connectivity index (χ3n) is 3.39. The second-order valence-electron chi connectivity index (χ2n) is 5.35. The fourth-order valence-electron chi connectivity index (χ4n) is 1.24. The third-order valence-corrected chi connectivity index (χ3v) is 4.00. The molecule has 0 aliphatic rings. The highest BCUT2D eigenvalue weighted by Crippen LogP contribution is 2.30. The van der Waals surface area contributed by atoms with Crippen molar-refractivity contribution in [2.24, 2.45) is 11.3 Å². The summed E-state index contributed by atoms with van der Waals surface area (Å²) in [7, 11) is 0. The van der Waals surface area contributed by atoms with E-state index in [0.717, 1.165) is 6.54 Å². The van der Waals surface area contributed by atoms with Crippen LogP contribution in [-0.4, -0.2) is 6.54 Å². The summed E-state index contributed by atoms with van der Waals surface area (Å²) in [6, 6.07) is 3.01. The number of hydrogen-bond donors (Lipinski definition) is 2. The number of rotatable bonds is 4. The van der Waals surface area contributed by atoms with Crippen LogP contribution in [0, 0.1) is 17.2 Å². The molecule has 0 bridgehead atoms. The lowest BCUT2D eigenvalue weighted by Crippen LogP contribution is -2.28. The summed E-state index contributed by atoms with van der Waals surface area (Å²) < 4.78 is 13.8. The molecule has 0 radical (unpaired) electrons. The zero-order chi connectivity index (χ0) is 13.2. The van der Waals surface area contributed by atoms with Crippen LogP contribution in [0.1, 0.15) is 27.7 Å². The molecule has 0 aromatic heterocycles. The smallest absolute Gasteiger partial charge is 0.139 e. The van der Waals surface area contributed by atoms with Crippen molar-refractivity contribution in [2.75, 3.05) is 17.6 Å². The van der Waals surface area contributed by atoms with Gasteiger partial charge in [0.05, 0.1) is 15.8 Å². The lowest BCUT2D eigenvalue weighted by molar-refractivity contribution is 0.270. The second-order valence-corrected chi connectivity index (χ2v) is 6.20. The number of nitrogen functional groups attached to an aromatic ring is 1. The molecule has 0 aliphatic carbocycles. The molecule has 0 unspecified atom stereocenters. The third kappa shape index (κ3) is 3.60. The van der Waals surface area contributed by atoms with Crippen molar-refractivity contribution in [3.63, 3.8) is 0 Å². The number of nitrogens with one attached hydrogen (secondary N) is 1. The molecule has 1 aromatic rings. The summed E-state index contributed by atoms with van der Waals surface area (Å²) in [6.45, 7) is 9.46. The predicted molar refractivity (Wildman–Crippen MR) is 75.6 cm³/mol. The molecule has 1 aromatic carbocycles. The lowest BCUT2D eigenvalue weighted by Gasteiger charge is -2.30. The fraction of sp³-hybridized carbons (Fsp3) is 0.538. The normalized spacial score (nSPS) is 11.9. The van der Waals surface area contributed by atoms with Gasteiger partial charge in [0.25, 0.3) is 0 Å². The molecule has 96 valence electrons. The molecule has 0 heterocycles. The van der Waals surface area contributed by atoms with Gasteiger partial charge in [-0.1, -0.05) is 27.7 Å². The number of anilines is 2. The minimum Gasteiger partial charge on any atom is -0.397 e. The highest BCUT2D eigenvalue weighted by atomic mass is 79.9. The second kappa shape index (κ2) is 5.25. The van der Waals surface area contributed by atoms with E-state index < -0.39 is 0 Å². The van der Waals surface area contributed by atoms with Gasteiger partial charge in [0.15, 0.2) is 0 Å². The zero-order valence-corrected chi connectivity index (χ0v) is 12.4. The largest absolute Gasteiger partial charge is 0.397 e. The van der Waals surface area contributed by atoms with Crippen LogP contribution in [-0.2, 0) is 0 Å². The number of hydrogen-bond acceptors (Lipinski definition) is 2. The zero-order valence-electron chi connectivity index (χ0n) is 10.8. The SMILES string of the molecule is CC(C)C(C)(C)CNc1cc(F)c(Br)cc1N. The number of nitrogens with two attached hydrogens (primary N) is 1. The maximum atomic E-state index is 13.4. The van der Waals surface area contributed by atoms with Crippen molar-refractivity contribution in [2.45, 2.75) is 27.7 Å². The Kier molecular flexibility index (Phi) is 4.42. The van der Waals surface area contributed by atoms with Gasteiger partial charge in [-0.2, -0.15) is 0 Å². The Morgan fingerprint density at radius 2 is 2.00 bits per heavy atom. The van der Waals surface area contributed by atoms with Crippen LogP contribution in [0.4, 0.5) is 15.8 Å². The van der Waals surface area contributed by atoms with Gasteiger partial charge in [-0.3, -0.25) is 0 Å². The molecule has 0 saturated carbocycles.